The molecule has 1 heteroatoms. The van der Waals surface area contributed by atoms with Gasteiger partial charge in [-0.05, 0) is 95.7 Å². The van der Waals surface area contributed by atoms with E-state index in [-0.39, 0.29) is 0 Å². The zero-order valence-electron chi connectivity index (χ0n) is 30.0. The normalized spacial score (nSPS) is 14.6. The molecule has 0 saturated carbocycles. The second-order valence-corrected chi connectivity index (χ2v) is 15.1. The van der Waals surface area contributed by atoms with E-state index in [0.29, 0.717) is 0 Å². The van der Waals surface area contributed by atoms with Crippen molar-refractivity contribution in [3.05, 3.63) is 251 Å². The SMILES string of the molecule is c1ccc(C2(c3ccccc3)c3ccccc3Oc3cccc(-c4ccc5c(c4)C4(c6ccccc6-c6ccccc64)c4ccc6ccccc6c4-5)c32)cc1. The van der Waals surface area contributed by atoms with E-state index in [0.717, 1.165) is 28.2 Å². The van der Waals surface area contributed by atoms with Gasteiger partial charge in [-0.2, -0.15) is 0 Å². The number of para-hydroxylation sites is 1. The number of fused-ring (bicyclic) bond motifs is 14. The first-order chi connectivity index (χ1) is 27.3. The predicted molar refractivity (Wildman–Crippen MR) is 224 cm³/mol. The monoisotopic (exact) mass is 698 g/mol. The highest BCUT2D eigenvalue weighted by molar-refractivity contribution is 6.06. The summed E-state index contributed by atoms with van der Waals surface area (Å²) in [4.78, 5) is 0. The third-order valence-corrected chi connectivity index (χ3v) is 12.6. The van der Waals surface area contributed by atoms with E-state index in [9.17, 15) is 0 Å². The lowest BCUT2D eigenvalue weighted by Crippen LogP contribution is -2.34. The van der Waals surface area contributed by atoms with Crippen LogP contribution >= 0.6 is 0 Å². The molecule has 0 unspecified atom stereocenters. The summed E-state index contributed by atoms with van der Waals surface area (Å²) in [6, 6.07) is 76.2. The number of benzene rings is 9. The fourth-order valence-corrected chi connectivity index (χ4v) is 10.6. The van der Waals surface area contributed by atoms with Crippen LogP contribution < -0.4 is 4.74 Å². The minimum absolute atomic E-state index is 0.466. The molecule has 256 valence electrons. The minimum atomic E-state index is -0.633. The van der Waals surface area contributed by atoms with Crippen molar-refractivity contribution in [2.75, 3.05) is 0 Å². The second-order valence-electron chi connectivity index (χ2n) is 15.1. The first kappa shape index (κ1) is 30.5. The van der Waals surface area contributed by atoms with Crippen LogP contribution in [-0.4, -0.2) is 0 Å². The molecule has 0 atom stereocenters. The summed E-state index contributed by atoms with van der Waals surface area (Å²) in [6.45, 7) is 0. The molecule has 12 rings (SSSR count). The third kappa shape index (κ3) is 3.87. The Bertz CT molecular complexity index is 2930. The largest absolute Gasteiger partial charge is 0.457 e. The Morgan fingerprint density at radius 2 is 0.909 bits per heavy atom. The molecule has 55 heavy (non-hydrogen) atoms. The molecule has 0 bridgehead atoms. The second kappa shape index (κ2) is 11.3. The number of hydrogen-bond acceptors (Lipinski definition) is 1. The van der Waals surface area contributed by atoms with E-state index >= 15 is 0 Å². The summed E-state index contributed by atoms with van der Waals surface area (Å²) in [6.07, 6.45) is 0. The molecule has 0 aromatic heterocycles. The molecule has 9 aromatic carbocycles. The lowest BCUT2D eigenvalue weighted by atomic mass is 9.62. The number of hydrogen-bond donors (Lipinski definition) is 0. The van der Waals surface area contributed by atoms with Crippen LogP contribution in [0.5, 0.6) is 11.5 Å². The van der Waals surface area contributed by atoms with Gasteiger partial charge >= 0.3 is 0 Å². The van der Waals surface area contributed by atoms with Crippen LogP contribution in [0.1, 0.15) is 44.5 Å². The molecule has 1 heterocycles. The smallest absolute Gasteiger partial charge is 0.132 e. The molecule has 2 aliphatic carbocycles. The van der Waals surface area contributed by atoms with E-state index in [1.807, 2.05) is 0 Å². The van der Waals surface area contributed by atoms with Crippen LogP contribution in [0.3, 0.4) is 0 Å². The molecule has 1 spiro atoms. The Hall–Kier alpha value is -6.96. The van der Waals surface area contributed by atoms with Gasteiger partial charge < -0.3 is 4.74 Å². The average molecular weight is 699 g/mol. The van der Waals surface area contributed by atoms with Gasteiger partial charge in [0.1, 0.15) is 11.5 Å². The molecular weight excluding hydrogens is 665 g/mol. The predicted octanol–water partition coefficient (Wildman–Crippen LogP) is 13.3. The summed E-state index contributed by atoms with van der Waals surface area (Å²) in [5.41, 5.74) is 16.6. The molecular formula is C54H34O. The van der Waals surface area contributed by atoms with Crippen molar-refractivity contribution in [1.29, 1.82) is 0 Å². The summed E-state index contributed by atoms with van der Waals surface area (Å²) < 4.78 is 6.92. The Kier molecular flexibility index (Phi) is 6.25. The average Bonchev–Trinajstić information content (AvgIpc) is 3.73. The molecule has 0 amide bonds. The topological polar surface area (TPSA) is 9.23 Å². The Morgan fingerprint density at radius 3 is 1.64 bits per heavy atom. The van der Waals surface area contributed by atoms with E-state index in [2.05, 4.69) is 206 Å². The van der Waals surface area contributed by atoms with Gasteiger partial charge in [0.25, 0.3) is 0 Å². The summed E-state index contributed by atoms with van der Waals surface area (Å²) in [7, 11) is 0. The maximum atomic E-state index is 6.92. The molecule has 0 saturated heterocycles. The standard InChI is InChI=1S/C54H34O/c1-3-17-37(18-4-1)53(38-19-5-2-6-20-38)46-27-13-14-28-49(46)55-50-29-15-24-40(52(50)53)36-30-32-43-48(34-36)54(47-33-31-35-16-7-8-21-39(35)51(43)47)44-25-11-9-22-41(44)42-23-10-12-26-45(42)54/h1-34H. The quantitative estimate of drug-likeness (QED) is 0.178. The Balaban J connectivity index is 1.21. The van der Waals surface area contributed by atoms with Gasteiger partial charge in [0.2, 0.25) is 0 Å². The van der Waals surface area contributed by atoms with Crippen LogP contribution in [0.15, 0.2) is 206 Å². The van der Waals surface area contributed by atoms with Crippen LogP contribution in [0.25, 0.3) is 44.2 Å². The number of ether oxygens (including phenoxy) is 1. The van der Waals surface area contributed by atoms with Crippen molar-refractivity contribution >= 4 is 10.8 Å². The molecule has 0 N–H and O–H groups in total. The van der Waals surface area contributed by atoms with Crippen LogP contribution in [0.2, 0.25) is 0 Å². The summed E-state index contributed by atoms with van der Waals surface area (Å²) in [5, 5.41) is 2.55. The molecule has 0 fully saturated rings. The van der Waals surface area contributed by atoms with E-state index in [1.54, 1.807) is 0 Å². The highest BCUT2D eigenvalue weighted by atomic mass is 16.5. The van der Waals surface area contributed by atoms with Gasteiger partial charge in [0.15, 0.2) is 0 Å². The first-order valence-electron chi connectivity index (χ1n) is 19.2. The number of rotatable bonds is 3. The van der Waals surface area contributed by atoms with Crippen molar-refractivity contribution in [1.82, 2.24) is 0 Å². The zero-order valence-corrected chi connectivity index (χ0v) is 30.0. The Morgan fingerprint density at radius 1 is 0.327 bits per heavy atom. The first-order valence-corrected chi connectivity index (χ1v) is 19.2. The van der Waals surface area contributed by atoms with Gasteiger partial charge in [-0.15, -0.1) is 0 Å². The lowest BCUT2D eigenvalue weighted by Gasteiger charge is -2.42. The summed E-state index contributed by atoms with van der Waals surface area (Å²) in [5.74, 6) is 1.76. The maximum Gasteiger partial charge on any atom is 0.132 e. The van der Waals surface area contributed by atoms with E-state index < -0.39 is 10.8 Å². The zero-order chi connectivity index (χ0) is 36.1. The van der Waals surface area contributed by atoms with Gasteiger partial charge in [0.05, 0.1) is 10.8 Å². The molecule has 0 radical (unpaired) electrons. The molecule has 1 aliphatic heterocycles. The highest BCUT2D eigenvalue weighted by Crippen LogP contribution is 2.65. The minimum Gasteiger partial charge on any atom is -0.457 e. The van der Waals surface area contributed by atoms with Crippen molar-refractivity contribution in [2.45, 2.75) is 10.8 Å². The van der Waals surface area contributed by atoms with Gasteiger partial charge in [-0.3, -0.25) is 0 Å². The lowest BCUT2D eigenvalue weighted by molar-refractivity contribution is 0.435. The van der Waals surface area contributed by atoms with Crippen molar-refractivity contribution < 1.29 is 4.74 Å². The van der Waals surface area contributed by atoms with Gasteiger partial charge in [-0.25, -0.2) is 0 Å². The van der Waals surface area contributed by atoms with E-state index in [1.165, 1.54) is 72.0 Å². The van der Waals surface area contributed by atoms with Crippen molar-refractivity contribution in [3.63, 3.8) is 0 Å². The van der Waals surface area contributed by atoms with Crippen molar-refractivity contribution in [2.24, 2.45) is 0 Å². The fraction of sp³-hybridized carbons (Fsp3) is 0.0370. The van der Waals surface area contributed by atoms with Crippen LogP contribution in [0.4, 0.5) is 0 Å². The Labute approximate surface area is 320 Å². The van der Waals surface area contributed by atoms with Crippen LogP contribution in [-0.2, 0) is 10.8 Å². The highest BCUT2D eigenvalue weighted by Gasteiger charge is 2.52. The molecule has 9 aromatic rings. The van der Waals surface area contributed by atoms with Crippen molar-refractivity contribution in [3.8, 4) is 44.9 Å². The maximum absolute atomic E-state index is 6.92. The molecule has 3 aliphatic rings. The van der Waals surface area contributed by atoms with Gasteiger partial charge in [0, 0.05) is 11.1 Å². The van der Waals surface area contributed by atoms with E-state index in [4.69, 9.17) is 4.74 Å². The fourth-order valence-electron chi connectivity index (χ4n) is 10.6. The molecule has 1 nitrogen and oxygen atoms in total. The van der Waals surface area contributed by atoms with Gasteiger partial charge in [-0.1, -0.05) is 188 Å². The summed E-state index contributed by atoms with van der Waals surface area (Å²) >= 11 is 0. The van der Waals surface area contributed by atoms with Crippen LogP contribution in [0, 0.1) is 0 Å². The third-order valence-electron chi connectivity index (χ3n) is 12.6.